The average Bonchev–Trinajstić information content (AvgIpc) is 2.93. The van der Waals surface area contributed by atoms with Crippen molar-refractivity contribution in [2.45, 2.75) is 6.61 Å². The van der Waals surface area contributed by atoms with Crippen molar-refractivity contribution >= 4 is 17.9 Å². The number of alkyl halides is 2. The first-order chi connectivity index (χ1) is 9.49. The van der Waals surface area contributed by atoms with Crippen LogP contribution in [0.25, 0.3) is 5.82 Å². The number of hydrogen-bond donors (Lipinski definition) is 0. The van der Waals surface area contributed by atoms with E-state index in [1.165, 1.54) is 7.05 Å². The zero-order valence-electron chi connectivity index (χ0n) is 9.92. The highest BCUT2D eigenvalue weighted by Crippen LogP contribution is 2.31. The Morgan fingerprint density at radius 2 is 2.30 bits per heavy atom. The molecule has 7 nitrogen and oxygen atoms in total. The summed E-state index contributed by atoms with van der Waals surface area (Å²) in [5, 5.41) is 16.2. The van der Waals surface area contributed by atoms with Crippen LogP contribution in [-0.2, 0) is 7.05 Å². The molecule has 0 fully saturated rings. The molecular weight excluding hydrogens is 296 g/mol. The summed E-state index contributed by atoms with van der Waals surface area (Å²) in [6.07, 6.45) is 1.53. The Bertz CT molecular complexity index is 703. The van der Waals surface area contributed by atoms with Gasteiger partial charge < -0.3 is 4.74 Å². The molecule has 0 spiro atoms. The summed E-state index contributed by atoms with van der Waals surface area (Å²) < 4.78 is 30.7. The minimum Gasteiger partial charge on any atom is -0.415 e. The van der Waals surface area contributed by atoms with Crippen LogP contribution in [0.4, 0.5) is 8.78 Å². The van der Waals surface area contributed by atoms with Crippen molar-refractivity contribution in [3.63, 3.8) is 0 Å². The van der Waals surface area contributed by atoms with E-state index in [0.29, 0.717) is 6.29 Å². The normalized spacial score (nSPS) is 10.6. The molecular formula is C10H6ClF2N5O2. The molecule has 0 N–H and O–H groups in total. The molecule has 0 radical (unpaired) electrons. The Morgan fingerprint density at radius 3 is 2.85 bits per heavy atom. The lowest BCUT2D eigenvalue weighted by Crippen LogP contribution is -2.06. The number of aryl methyl sites for hydroxylation is 1. The molecule has 0 bridgehead atoms. The van der Waals surface area contributed by atoms with E-state index in [2.05, 4.69) is 14.9 Å². The van der Waals surface area contributed by atoms with Crippen LogP contribution < -0.4 is 4.74 Å². The second-order valence-electron chi connectivity index (χ2n) is 3.53. The first-order valence-electron chi connectivity index (χ1n) is 5.10. The molecule has 0 amide bonds. The van der Waals surface area contributed by atoms with Crippen molar-refractivity contribution < 1.29 is 18.3 Å². The Hall–Kier alpha value is -2.47. The third kappa shape index (κ3) is 2.21. The number of carbonyl (C=O) groups is 1. The van der Waals surface area contributed by atoms with Crippen LogP contribution in [0.5, 0.6) is 5.88 Å². The van der Waals surface area contributed by atoms with Gasteiger partial charge in [0, 0.05) is 7.05 Å². The molecule has 0 aromatic carbocycles. The predicted molar refractivity (Wildman–Crippen MR) is 62.1 cm³/mol. The molecule has 2 heterocycles. The molecule has 0 saturated heterocycles. The molecule has 0 saturated carbocycles. The molecule has 0 aliphatic heterocycles. The number of rotatable bonds is 4. The van der Waals surface area contributed by atoms with Gasteiger partial charge in [-0.2, -0.15) is 19.1 Å². The number of carbonyl (C=O) groups excluding carboxylic acids is 1. The Morgan fingerprint density at radius 1 is 1.60 bits per heavy atom. The maximum Gasteiger partial charge on any atom is 0.388 e. The Labute approximate surface area is 115 Å². The van der Waals surface area contributed by atoms with Crippen LogP contribution in [0.3, 0.4) is 0 Å². The lowest BCUT2D eigenvalue weighted by Gasteiger charge is -2.03. The van der Waals surface area contributed by atoms with Gasteiger partial charge in [-0.1, -0.05) is 11.6 Å². The fraction of sp³-hybridized carbons (Fsp3) is 0.200. The minimum absolute atomic E-state index is 0.0121. The van der Waals surface area contributed by atoms with E-state index in [1.807, 2.05) is 0 Å². The third-order valence-electron chi connectivity index (χ3n) is 2.36. The largest absolute Gasteiger partial charge is 0.415 e. The average molecular weight is 302 g/mol. The van der Waals surface area contributed by atoms with Gasteiger partial charge in [0.15, 0.2) is 12.1 Å². The van der Waals surface area contributed by atoms with Crippen molar-refractivity contribution in [2.75, 3.05) is 0 Å². The smallest absolute Gasteiger partial charge is 0.388 e. The molecule has 20 heavy (non-hydrogen) atoms. The van der Waals surface area contributed by atoms with Crippen LogP contribution in [0, 0.1) is 11.3 Å². The predicted octanol–water partition coefficient (Wildman–Crippen LogP) is 1.54. The number of ether oxygens (including phenoxy) is 1. The lowest BCUT2D eigenvalue weighted by molar-refractivity contribution is -0.0552. The van der Waals surface area contributed by atoms with E-state index in [-0.39, 0.29) is 28.0 Å². The first kappa shape index (κ1) is 14.0. The summed E-state index contributed by atoms with van der Waals surface area (Å²) >= 11 is 5.89. The van der Waals surface area contributed by atoms with Crippen molar-refractivity contribution in [1.82, 2.24) is 19.6 Å². The van der Waals surface area contributed by atoms with E-state index >= 15 is 0 Å². The topological polar surface area (TPSA) is 85.7 Å². The molecule has 2 rings (SSSR count). The van der Waals surface area contributed by atoms with E-state index in [9.17, 15) is 13.6 Å². The van der Waals surface area contributed by atoms with Gasteiger partial charge in [0.1, 0.15) is 22.3 Å². The molecule has 2 aromatic heterocycles. The Kier molecular flexibility index (Phi) is 3.67. The second kappa shape index (κ2) is 5.26. The number of nitrogens with zero attached hydrogens (tertiary/aromatic N) is 5. The lowest BCUT2D eigenvalue weighted by atomic mass is 10.3. The summed E-state index contributed by atoms with van der Waals surface area (Å²) in [7, 11) is 1.34. The number of halogens is 3. The molecule has 10 heteroatoms. The molecule has 104 valence electrons. The first-order valence-corrected chi connectivity index (χ1v) is 5.48. The van der Waals surface area contributed by atoms with Crippen LogP contribution in [0.2, 0.25) is 5.02 Å². The van der Waals surface area contributed by atoms with E-state index in [1.54, 1.807) is 6.07 Å². The molecule has 0 unspecified atom stereocenters. The molecule has 0 atom stereocenters. The van der Waals surface area contributed by atoms with Crippen molar-refractivity contribution in [2.24, 2.45) is 7.05 Å². The van der Waals surface area contributed by atoms with E-state index in [4.69, 9.17) is 16.9 Å². The SMILES string of the molecule is Cn1nc(-n2ncc(C#N)c2C=O)c(Cl)c1OC(F)F. The minimum atomic E-state index is -3.08. The summed E-state index contributed by atoms with van der Waals surface area (Å²) in [6.45, 7) is -3.08. The summed E-state index contributed by atoms with van der Waals surface area (Å²) in [5.74, 6) is -0.462. The van der Waals surface area contributed by atoms with Gasteiger partial charge in [-0.25, -0.2) is 9.36 Å². The van der Waals surface area contributed by atoms with Crippen molar-refractivity contribution in [3.8, 4) is 17.8 Å². The van der Waals surface area contributed by atoms with Crippen LogP contribution in [-0.4, -0.2) is 32.5 Å². The maximum absolute atomic E-state index is 12.3. The third-order valence-corrected chi connectivity index (χ3v) is 2.69. The number of aromatic nitrogens is 4. The fourth-order valence-corrected chi connectivity index (χ4v) is 1.83. The summed E-state index contributed by atoms with van der Waals surface area (Å²) in [5.41, 5.74) is -0.0749. The highest BCUT2D eigenvalue weighted by atomic mass is 35.5. The van der Waals surface area contributed by atoms with Gasteiger partial charge in [-0.3, -0.25) is 4.79 Å². The molecule has 0 aliphatic carbocycles. The maximum atomic E-state index is 12.3. The standard InChI is InChI=1S/C10H6ClF2N5O2/c1-17-9(20-10(12)13)7(11)8(16-17)18-6(4-19)5(2-14)3-15-18/h3-4,10H,1H3. The molecule has 0 aliphatic rings. The zero-order valence-corrected chi connectivity index (χ0v) is 10.7. The summed E-state index contributed by atoms with van der Waals surface area (Å²) in [4.78, 5) is 11.0. The van der Waals surface area contributed by atoms with Crippen molar-refractivity contribution in [3.05, 3.63) is 22.5 Å². The highest BCUT2D eigenvalue weighted by Gasteiger charge is 2.23. The van der Waals surface area contributed by atoms with Gasteiger partial charge >= 0.3 is 6.61 Å². The number of aldehydes is 1. The quantitative estimate of drug-likeness (QED) is 0.800. The highest BCUT2D eigenvalue weighted by molar-refractivity contribution is 6.33. The fourth-order valence-electron chi connectivity index (χ4n) is 1.54. The van der Waals surface area contributed by atoms with Crippen LogP contribution in [0.15, 0.2) is 6.20 Å². The van der Waals surface area contributed by atoms with Gasteiger partial charge in [0.05, 0.1) is 6.20 Å². The van der Waals surface area contributed by atoms with E-state index in [0.717, 1.165) is 15.6 Å². The van der Waals surface area contributed by atoms with Crippen LogP contribution >= 0.6 is 11.6 Å². The van der Waals surface area contributed by atoms with E-state index < -0.39 is 6.61 Å². The Balaban J connectivity index is 2.57. The zero-order chi connectivity index (χ0) is 14.9. The number of nitriles is 1. The van der Waals surface area contributed by atoms with Gasteiger partial charge in [0.25, 0.3) is 0 Å². The molecule has 2 aromatic rings. The monoisotopic (exact) mass is 301 g/mol. The van der Waals surface area contributed by atoms with Gasteiger partial charge in [-0.15, -0.1) is 5.10 Å². The number of hydrogen-bond acceptors (Lipinski definition) is 5. The second-order valence-corrected chi connectivity index (χ2v) is 3.91. The van der Waals surface area contributed by atoms with Crippen LogP contribution in [0.1, 0.15) is 16.1 Å². The van der Waals surface area contributed by atoms with Gasteiger partial charge in [0.2, 0.25) is 5.88 Å². The van der Waals surface area contributed by atoms with Gasteiger partial charge in [-0.05, 0) is 0 Å². The summed E-state index contributed by atoms with van der Waals surface area (Å²) in [6, 6.07) is 1.77. The van der Waals surface area contributed by atoms with Crippen molar-refractivity contribution in [1.29, 1.82) is 5.26 Å².